The highest BCUT2D eigenvalue weighted by Crippen LogP contribution is 2.36. The van der Waals surface area contributed by atoms with E-state index in [1.165, 1.54) is 0 Å². The first kappa shape index (κ1) is 16.5. The van der Waals surface area contributed by atoms with Crippen LogP contribution < -0.4 is 4.74 Å². The molecule has 1 amide bonds. The van der Waals surface area contributed by atoms with Crippen LogP contribution in [-0.2, 0) is 5.60 Å². The van der Waals surface area contributed by atoms with Crippen molar-refractivity contribution in [3.05, 3.63) is 47.3 Å². The Kier molecular flexibility index (Phi) is 4.32. The minimum atomic E-state index is -1.16. The number of nitrogens with zero attached hydrogens (tertiary/aromatic N) is 2. The molecule has 1 aromatic heterocycles. The van der Waals surface area contributed by atoms with Crippen molar-refractivity contribution in [2.45, 2.75) is 38.3 Å². The van der Waals surface area contributed by atoms with E-state index in [0.717, 1.165) is 24.2 Å². The van der Waals surface area contributed by atoms with Gasteiger partial charge >= 0.3 is 0 Å². The number of aryl methyl sites for hydroxylation is 1. The number of benzene rings is 1. The van der Waals surface area contributed by atoms with Crippen LogP contribution in [0.5, 0.6) is 5.75 Å². The van der Waals surface area contributed by atoms with E-state index < -0.39 is 5.60 Å². The number of likely N-dealkylation sites (tertiary alicyclic amines) is 1. The van der Waals surface area contributed by atoms with E-state index in [1.807, 2.05) is 24.3 Å². The molecule has 3 rings (SSSR count). The Balaban J connectivity index is 1.86. The monoisotopic (exact) mass is 330 g/mol. The summed E-state index contributed by atoms with van der Waals surface area (Å²) in [7, 11) is 1.60. The maximum absolute atomic E-state index is 12.7. The second-order valence-corrected chi connectivity index (χ2v) is 6.37. The molecule has 128 valence electrons. The van der Waals surface area contributed by atoms with Gasteiger partial charge in [0.1, 0.15) is 11.4 Å². The number of hydrogen-bond donors (Lipinski definition) is 1. The summed E-state index contributed by atoms with van der Waals surface area (Å²) < 4.78 is 10.3. The molecule has 0 saturated carbocycles. The van der Waals surface area contributed by atoms with E-state index >= 15 is 0 Å². The molecule has 0 aliphatic carbocycles. The molecule has 1 fully saturated rings. The zero-order valence-electron chi connectivity index (χ0n) is 14.2. The third kappa shape index (κ3) is 2.89. The van der Waals surface area contributed by atoms with Crippen LogP contribution in [0.1, 0.15) is 41.6 Å². The van der Waals surface area contributed by atoms with Gasteiger partial charge < -0.3 is 19.3 Å². The predicted molar refractivity (Wildman–Crippen MR) is 87.9 cm³/mol. The second-order valence-electron chi connectivity index (χ2n) is 6.37. The van der Waals surface area contributed by atoms with Crippen molar-refractivity contribution in [2.75, 3.05) is 13.7 Å². The lowest BCUT2D eigenvalue weighted by Gasteiger charge is -2.36. The maximum Gasteiger partial charge on any atom is 0.292 e. The molecule has 2 heterocycles. The Morgan fingerprint density at radius 1 is 1.42 bits per heavy atom. The molecule has 1 saturated heterocycles. The fourth-order valence-electron chi connectivity index (χ4n) is 3.32. The molecule has 6 nitrogen and oxygen atoms in total. The van der Waals surface area contributed by atoms with Crippen molar-refractivity contribution < 1.29 is 19.2 Å². The summed E-state index contributed by atoms with van der Waals surface area (Å²) in [5, 5.41) is 14.9. The molecule has 1 aliphatic rings. The van der Waals surface area contributed by atoms with Gasteiger partial charge in [-0.15, -0.1) is 0 Å². The summed E-state index contributed by atoms with van der Waals surface area (Å²) in [6.45, 7) is 4.11. The van der Waals surface area contributed by atoms with Crippen LogP contribution in [0.3, 0.4) is 0 Å². The van der Waals surface area contributed by atoms with Gasteiger partial charge in [0, 0.05) is 12.6 Å². The van der Waals surface area contributed by atoms with E-state index in [1.54, 1.807) is 31.9 Å². The van der Waals surface area contributed by atoms with Crippen molar-refractivity contribution in [3.8, 4) is 5.75 Å². The van der Waals surface area contributed by atoms with Gasteiger partial charge in [-0.3, -0.25) is 4.79 Å². The molecular weight excluding hydrogens is 308 g/mol. The number of rotatable bonds is 4. The van der Waals surface area contributed by atoms with E-state index in [4.69, 9.17) is 9.26 Å². The van der Waals surface area contributed by atoms with Gasteiger partial charge in [0.2, 0.25) is 5.76 Å². The summed E-state index contributed by atoms with van der Waals surface area (Å²) in [4.78, 5) is 14.4. The van der Waals surface area contributed by atoms with Crippen LogP contribution in [0.2, 0.25) is 0 Å². The summed E-state index contributed by atoms with van der Waals surface area (Å²) in [5.41, 5.74) is 0.255. The SMILES string of the molecule is COc1ccc([C@@](C)(O)[C@H]2CCCN2C(=O)c2cc(C)no2)cc1. The number of ether oxygens (including phenoxy) is 1. The Hall–Kier alpha value is -2.34. The van der Waals surface area contributed by atoms with E-state index in [2.05, 4.69) is 5.16 Å². The minimum Gasteiger partial charge on any atom is -0.497 e. The van der Waals surface area contributed by atoms with E-state index in [9.17, 15) is 9.90 Å². The van der Waals surface area contributed by atoms with Crippen molar-refractivity contribution in [2.24, 2.45) is 0 Å². The molecule has 2 atom stereocenters. The van der Waals surface area contributed by atoms with E-state index in [0.29, 0.717) is 12.2 Å². The van der Waals surface area contributed by atoms with Gasteiger partial charge in [-0.05, 0) is 44.4 Å². The summed E-state index contributed by atoms with van der Waals surface area (Å²) in [6, 6.07) is 8.59. The largest absolute Gasteiger partial charge is 0.497 e. The quantitative estimate of drug-likeness (QED) is 0.932. The molecule has 0 unspecified atom stereocenters. The van der Waals surface area contributed by atoms with Gasteiger partial charge in [0.25, 0.3) is 5.91 Å². The fraction of sp³-hybridized carbons (Fsp3) is 0.444. The topological polar surface area (TPSA) is 75.8 Å². The van der Waals surface area contributed by atoms with Crippen molar-refractivity contribution in [1.82, 2.24) is 10.1 Å². The molecule has 0 spiro atoms. The fourth-order valence-corrected chi connectivity index (χ4v) is 3.32. The Bertz CT molecular complexity index is 721. The lowest BCUT2D eigenvalue weighted by molar-refractivity contribution is -0.0187. The lowest BCUT2D eigenvalue weighted by atomic mass is 9.86. The molecule has 1 N–H and O–H groups in total. The Morgan fingerprint density at radius 2 is 2.12 bits per heavy atom. The molecule has 24 heavy (non-hydrogen) atoms. The summed E-state index contributed by atoms with van der Waals surface area (Å²) in [5.74, 6) is 0.711. The predicted octanol–water partition coefficient (Wildman–Crippen LogP) is 2.50. The minimum absolute atomic E-state index is 0.213. The first-order valence-corrected chi connectivity index (χ1v) is 8.04. The van der Waals surface area contributed by atoms with Crippen LogP contribution in [0.25, 0.3) is 0 Å². The van der Waals surface area contributed by atoms with Crippen molar-refractivity contribution >= 4 is 5.91 Å². The smallest absolute Gasteiger partial charge is 0.292 e. The number of amides is 1. The highest BCUT2D eigenvalue weighted by atomic mass is 16.5. The number of methoxy groups -OCH3 is 1. The number of carbonyl (C=O) groups is 1. The third-order valence-electron chi connectivity index (χ3n) is 4.68. The highest BCUT2D eigenvalue weighted by molar-refractivity contribution is 5.92. The third-order valence-corrected chi connectivity index (χ3v) is 4.68. The van der Waals surface area contributed by atoms with Gasteiger partial charge in [-0.2, -0.15) is 0 Å². The summed E-state index contributed by atoms with van der Waals surface area (Å²) >= 11 is 0. The average molecular weight is 330 g/mol. The normalized spacial score (nSPS) is 20.0. The number of carbonyl (C=O) groups excluding carboxylic acids is 1. The Morgan fingerprint density at radius 3 is 2.71 bits per heavy atom. The Labute approximate surface area is 141 Å². The molecular formula is C18H22N2O4. The van der Waals surface area contributed by atoms with Gasteiger partial charge in [-0.25, -0.2) is 0 Å². The van der Waals surface area contributed by atoms with Gasteiger partial charge in [0.15, 0.2) is 0 Å². The first-order valence-electron chi connectivity index (χ1n) is 8.04. The molecule has 1 aromatic carbocycles. The standard InChI is InChI=1S/C18H22N2O4/c1-12-11-15(24-19-12)17(21)20-10-4-5-16(20)18(2,22)13-6-8-14(23-3)9-7-13/h6-9,11,16,22H,4-5,10H2,1-3H3/t16-,18-/m1/s1. The van der Waals surface area contributed by atoms with Crippen molar-refractivity contribution in [3.63, 3.8) is 0 Å². The second kappa shape index (κ2) is 6.28. The van der Waals surface area contributed by atoms with Crippen LogP contribution in [0.4, 0.5) is 0 Å². The van der Waals surface area contributed by atoms with Gasteiger partial charge in [0.05, 0.1) is 18.8 Å². The van der Waals surface area contributed by atoms with Crippen molar-refractivity contribution in [1.29, 1.82) is 0 Å². The van der Waals surface area contributed by atoms with Crippen LogP contribution in [0.15, 0.2) is 34.9 Å². The highest BCUT2D eigenvalue weighted by Gasteiger charge is 2.43. The molecule has 2 aromatic rings. The molecule has 6 heteroatoms. The maximum atomic E-state index is 12.7. The average Bonchev–Trinajstić information content (AvgIpc) is 3.23. The van der Waals surface area contributed by atoms with Gasteiger partial charge in [-0.1, -0.05) is 17.3 Å². The number of hydrogen-bond acceptors (Lipinski definition) is 5. The van der Waals surface area contributed by atoms with Crippen LogP contribution in [-0.4, -0.2) is 40.8 Å². The van der Waals surface area contributed by atoms with Crippen LogP contribution >= 0.6 is 0 Å². The lowest BCUT2D eigenvalue weighted by Crippen LogP contribution is -2.48. The molecule has 0 radical (unpaired) electrons. The van der Waals surface area contributed by atoms with E-state index in [-0.39, 0.29) is 17.7 Å². The first-order chi connectivity index (χ1) is 11.4. The zero-order chi connectivity index (χ0) is 17.3. The molecule has 1 aliphatic heterocycles. The number of aliphatic hydroxyl groups is 1. The zero-order valence-corrected chi connectivity index (χ0v) is 14.2. The molecule has 0 bridgehead atoms. The van der Waals surface area contributed by atoms with Crippen LogP contribution in [0, 0.1) is 6.92 Å². The number of aromatic nitrogens is 1. The summed E-state index contributed by atoms with van der Waals surface area (Å²) in [6.07, 6.45) is 1.58.